The Bertz CT molecular complexity index is 489. The Balaban J connectivity index is 2.58. The van der Waals surface area contributed by atoms with Gasteiger partial charge in [-0.05, 0) is 31.0 Å². The number of carbonyl (C=O) groups is 2. The van der Waals surface area contributed by atoms with Crippen LogP contribution in [0.25, 0.3) is 0 Å². The highest BCUT2D eigenvalue weighted by Gasteiger charge is 2.25. The second-order valence-corrected chi connectivity index (χ2v) is 6.10. The van der Waals surface area contributed by atoms with E-state index in [1.54, 1.807) is 39.8 Å². The third kappa shape index (κ3) is 5.55. The summed E-state index contributed by atoms with van der Waals surface area (Å²) in [6, 6.07) is 6.66. The van der Waals surface area contributed by atoms with Crippen molar-refractivity contribution in [2.75, 3.05) is 11.9 Å². The number of carbonyl (C=O) groups excluding carboxylic acids is 2. The zero-order valence-corrected chi connectivity index (χ0v) is 13.1. The first kappa shape index (κ1) is 17.2. The van der Waals surface area contributed by atoms with E-state index in [4.69, 9.17) is 5.11 Å². The fraction of sp³-hybridized carbons (Fsp3) is 0.500. The minimum absolute atomic E-state index is 0.0988. The molecule has 0 bridgehead atoms. The van der Waals surface area contributed by atoms with Gasteiger partial charge in [0.25, 0.3) is 0 Å². The van der Waals surface area contributed by atoms with E-state index in [9.17, 15) is 9.59 Å². The van der Waals surface area contributed by atoms with Crippen LogP contribution < -0.4 is 10.6 Å². The second kappa shape index (κ2) is 7.22. The van der Waals surface area contributed by atoms with Crippen molar-refractivity contribution in [3.63, 3.8) is 0 Å². The number of hydrogen-bond donors (Lipinski definition) is 3. The third-order valence-electron chi connectivity index (χ3n) is 3.04. The number of amides is 2. The van der Waals surface area contributed by atoms with E-state index in [1.165, 1.54) is 0 Å². The molecule has 0 heterocycles. The Morgan fingerprint density at radius 1 is 1.19 bits per heavy atom. The Morgan fingerprint density at radius 2 is 1.76 bits per heavy atom. The predicted octanol–water partition coefficient (Wildman–Crippen LogP) is 1.71. The summed E-state index contributed by atoms with van der Waals surface area (Å²) in [5.41, 5.74) is 1.14. The molecule has 0 aromatic heterocycles. The van der Waals surface area contributed by atoms with Gasteiger partial charge in [-0.3, -0.25) is 9.59 Å². The highest BCUT2D eigenvalue weighted by Crippen LogP contribution is 2.14. The summed E-state index contributed by atoms with van der Waals surface area (Å²) in [7, 11) is 0. The van der Waals surface area contributed by atoms with Crippen LogP contribution in [-0.4, -0.2) is 29.6 Å². The molecule has 1 atom stereocenters. The quantitative estimate of drug-likeness (QED) is 0.773. The molecule has 1 aromatic carbocycles. The molecule has 0 radical (unpaired) electrons. The summed E-state index contributed by atoms with van der Waals surface area (Å²) < 4.78 is 0. The molecule has 3 N–H and O–H groups in total. The van der Waals surface area contributed by atoms with Crippen LogP contribution in [0.15, 0.2) is 24.3 Å². The molecular formula is C16H24N2O3. The molecule has 0 fully saturated rings. The number of nitrogens with one attached hydrogen (secondary N) is 2. The molecule has 1 rings (SSSR count). The molecule has 2 amide bonds. The van der Waals surface area contributed by atoms with Crippen molar-refractivity contribution in [1.82, 2.24) is 5.32 Å². The average Bonchev–Trinajstić information content (AvgIpc) is 2.40. The zero-order valence-electron chi connectivity index (χ0n) is 13.1. The molecule has 5 heteroatoms. The van der Waals surface area contributed by atoms with Gasteiger partial charge in [0.2, 0.25) is 11.8 Å². The van der Waals surface area contributed by atoms with Gasteiger partial charge in [0.1, 0.15) is 6.04 Å². The van der Waals surface area contributed by atoms with Gasteiger partial charge in [0, 0.05) is 17.7 Å². The Hall–Kier alpha value is -1.88. The first-order valence-corrected chi connectivity index (χ1v) is 7.05. The summed E-state index contributed by atoms with van der Waals surface area (Å²) in [6.45, 7) is 7.15. The molecule has 0 aliphatic carbocycles. The van der Waals surface area contributed by atoms with Gasteiger partial charge in [-0.25, -0.2) is 0 Å². The SMILES string of the molecule is CC(NC(=O)C(C)(C)C)C(=O)Nc1ccc(CCO)cc1. The third-order valence-corrected chi connectivity index (χ3v) is 3.04. The average molecular weight is 292 g/mol. The maximum atomic E-state index is 12.0. The molecule has 0 saturated heterocycles. The van der Waals surface area contributed by atoms with E-state index >= 15 is 0 Å². The fourth-order valence-electron chi connectivity index (χ4n) is 1.61. The van der Waals surface area contributed by atoms with Crippen LogP contribution in [0.3, 0.4) is 0 Å². The number of hydrogen-bond acceptors (Lipinski definition) is 3. The van der Waals surface area contributed by atoms with Gasteiger partial charge in [-0.15, -0.1) is 0 Å². The summed E-state index contributed by atoms with van der Waals surface area (Å²) in [4.78, 5) is 23.9. The van der Waals surface area contributed by atoms with Crippen LogP contribution in [0.4, 0.5) is 5.69 Å². The smallest absolute Gasteiger partial charge is 0.246 e. The molecule has 0 aliphatic heterocycles. The standard InChI is InChI=1S/C16H24N2O3/c1-11(17-15(21)16(2,3)4)14(20)18-13-7-5-12(6-8-13)9-10-19/h5-8,11,19H,9-10H2,1-4H3,(H,17,21)(H,18,20). The molecule has 1 unspecified atom stereocenters. The molecule has 0 spiro atoms. The normalized spacial score (nSPS) is 12.6. The maximum Gasteiger partial charge on any atom is 0.246 e. The van der Waals surface area contributed by atoms with Crippen LogP contribution in [0.5, 0.6) is 0 Å². The molecule has 116 valence electrons. The topological polar surface area (TPSA) is 78.4 Å². The minimum atomic E-state index is -0.603. The van der Waals surface area contributed by atoms with Crippen molar-refractivity contribution in [3.05, 3.63) is 29.8 Å². The van der Waals surface area contributed by atoms with Gasteiger partial charge in [-0.2, -0.15) is 0 Å². The molecule has 0 aliphatic rings. The zero-order chi connectivity index (χ0) is 16.0. The number of aliphatic hydroxyl groups is 1. The summed E-state index contributed by atoms with van der Waals surface area (Å²) in [6.07, 6.45) is 0.590. The van der Waals surface area contributed by atoms with Gasteiger partial charge in [-0.1, -0.05) is 32.9 Å². The van der Waals surface area contributed by atoms with Crippen LogP contribution in [-0.2, 0) is 16.0 Å². The van der Waals surface area contributed by atoms with Crippen molar-refractivity contribution in [1.29, 1.82) is 0 Å². The van der Waals surface area contributed by atoms with Crippen LogP contribution in [0.2, 0.25) is 0 Å². The van der Waals surface area contributed by atoms with Crippen molar-refractivity contribution < 1.29 is 14.7 Å². The van der Waals surface area contributed by atoms with E-state index < -0.39 is 11.5 Å². The Labute approximate surface area is 125 Å². The van der Waals surface area contributed by atoms with Crippen LogP contribution in [0.1, 0.15) is 33.3 Å². The predicted molar refractivity (Wildman–Crippen MR) is 82.9 cm³/mol. The summed E-state index contributed by atoms with van der Waals surface area (Å²) in [5, 5.41) is 14.3. The largest absolute Gasteiger partial charge is 0.396 e. The van der Waals surface area contributed by atoms with E-state index in [-0.39, 0.29) is 18.4 Å². The van der Waals surface area contributed by atoms with Gasteiger partial charge >= 0.3 is 0 Å². The Kier molecular flexibility index (Phi) is 5.90. The van der Waals surface area contributed by atoms with Gasteiger partial charge < -0.3 is 15.7 Å². The van der Waals surface area contributed by atoms with Crippen molar-refractivity contribution in [2.45, 2.75) is 40.2 Å². The number of aliphatic hydroxyl groups excluding tert-OH is 1. The lowest BCUT2D eigenvalue weighted by atomic mass is 9.95. The lowest BCUT2D eigenvalue weighted by Crippen LogP contribution is -2.46. The fourth-order valence-corrected chi connectivity index (χ4v) is 1.61. The van der Waals surface area contributed by atoms with Crippen molar-refractivity contribution >= 4 is 17.5 Å². The first-order valence-electron chi connectivity index (χ1n) is 7.05. The summed E-state index contributed by atoms with van der Waals surface area (Å²) in [5.74, 6) is -0.425. The number of anilines is 1. The lowest BCUT2D eigenvalue weighted by molar-refractivity contribution is -0.131. The van der Waals surface area contributed by atoms with E-state index in [0.717, 1.165) is 5.56 Å². The highest BCUT2D eigenvalue weighted by atomic mass is 16.3. The molecule has 0 saturated carbocycles. The molecular weight excluding hydrogens is 268 g/mol. The van der Waals surface area contributed by atoms with E-state index in [1.807, 2.05) is 12.1 Å². The van der Waals surface area contributed by atoms with Crippen LogP contribution >= 0.6 is 0 Å². The minimum Gasteiger partial charge on any atom is -0.396 e. The van der Waals surface area contributed by atoms with E-state index in [2.05, 4.69) is 10.6 Å². The molecule has 1 aromatic rings. The monoisotopic (exact) mass is 292 g/mol. The number of benzene rings is 1. The highest BCUT2D eigenvalue weighted by molar-refractivity contribution is 5.97. The van der Waals surface area contributed by atoms with Crippen molar-refractivity contribution in [3.8, 4) is 0 Å². The maximum absolute atomic E-state index is 12.0. The second-order valence-electron chi connectivity index (χ2n) is 6.10. The molecule has 5 nitrogen and oxygen atoms in total. The molecule has 21 heavy (non-hydrogen) atoms. The van der Waals surface area contributed by atoms with E-state index in [0.29, 0.717) is 12.1 Å². The lowest BCUT2D eigenvalue weighted by Gasteiger charge is -2.21. The number of rotatable bonds is 5. The van der Waals surface area contributed by atoms with Gasteiger partial charge in [0.05, 0.1) is 0 Å². The van der Waals surface area contributed by atoms with Crippen molar-refractivity contribution in [2.24, 2.45) is 5.41 Å². The Morgan fingerprint density at radius 3 is 2.24 bits per heavy atom. The van der Waals surface area contributed by atoms with Gasteiger partial charge in [0.15, 0.2) is 0 Å². The summed E-state index contributed by atoms with van der Waals surface area (Å²) >= 11 is 0. The first-order chi connectivity index (χ1) is 9.74. The van der Waals surface area contributed by atoms with Crippen LogP contribution in [0, 0.1) is 5.41 Å².